The highest BCUT2D eigenvalue weighted by molar-refractivity contribution is 5.79. The average Bonchev–Trinajstić information content (AvgIpc) is 2.33. The normalized spacial score (nSPS) is 17.5. The lowest BCUT2D eigenvalue weighted by molar-refractivity contribution is -0.274. The van der Waals surface area contributed by atoms with Crippen LogP contribution in [-0.2, 0) is 11.2 Å². The highest BCUT2D eigenvalue weighted by Gasteiger charge is 2.31. The maximum absolute atomic E-state index is 12.0. The van der Waals surface area contributed by atoms with Crippen LogP contribution < -0.4 is 4.74 Å². The summed E-state index contributed by atoms with van der Waals surface area (Å²) in [7, 11) is 0. The van der Waals surface area contributed by atoms with E-state index in [0.717, 1.165) is 24.8 Å². The largest absolute Gasteiger partial charge is 0.573 e. The number of rotatable bonds is 3. The molecule has 0 radical (unpaired) electrons. The van der Waals surface area contributed by atoms with Crippen LogP contribution in [0.4, 0.5) is 13.2 Å². The molecule has 2 rings (SSSR count). The topological polar surface area (TPSA) is 26.3 Å². The van der Waals surface area contributed by atoms with Gasteiger partial charge in [-0.1, -0.05) is 12.1 Å². The summed E-state index contributed by atoms with van der Waals surface area (Å²) in [5.41, 5.74) is 0.980. The van der Waals surface area contributed by atoms with Gasteiger partial charge in [-0.15, -0.1) is 13.2 Å². The minimum atomic E-state index is -4.65. The number of hydrogen-bond acceptors (Lipinski definition) is 2. The van der Waals surface area contributed by atoms with Gasteiger partial charge in [-0.25, -0.2) is 0 Å². The van der Waals surface area contributed by atoms with E-state index < -0.39 is 6.36 Å². The van der Waals surface area contributed by atoms with Gasteiger partial charge in [-0.3, -0.25) is 4.79 Å². The van der Waals surface area contributed by atoms with Crippen LogP contribution in [0.25, 0.3) is 0 Å². The van der Waals surface area contributed by atoms with E-state index in [-0.39, 0.29) is 5.75 Å². The molecule has 0 saturated heterocycles. The molecular weight excluding hydrogens is 257 g/mol. The van der Waals surface area contributed by atoms with Crippen LogP contribution >= 0.6 is 0 Å². The molecule has 1 aromatic rings. The molecule has 1 aliphatic rings. The molecule has 0 N–H and O–H groups in total. The molecule has 0 spiro atoms. The van der Waals surface area contributed by atoms with Crippen LogP contribution in [0.3, 0.4) is 0 Å². The van der Waals surface area contributed by atoms with E-state index >= 15 is 0 Å². The van der Waals surface area contributed by atoms with Gasteiger partial charge < -0.3 is 4.74 Å². The Bertz CT molecular complexity index is 427. The zero-order valence-electron chi connectivity index (χ0n) is 10.4. The van der Waals surface area contributed by atoms with E-state index in [9.17, 15) is 18.0 Å². The molecule has 5 heteroatoms. The number of Topliss-reactive ketones (excluding diaryl/α,β-unsaturated/α-hetero) is 1. The van der Waals surface area contributed by atoms with Crippen LogP contribution in [0.5, 0.6) is 5.75 Å². The number of ether oxygens (including phenoxy) is 1. The van der Waals surface area contributed by atoms with Crippen molar-refractivity contribution in [1.29, 1.82) is 0 Å². The molecule has 0 aromatic heterocycles. The van der Waals surface area contributed by atoms with Crippen molar-refractivity contribution in [2.75, 3.05) is 0 Å². The van der Waals surface area contributed by atoms with E-state index in [1.165, 1.54) is 12.1 Å². The van der Waals surface area contributed by atoms with Crippen molar-refractivity contribution in [2.24, 2.45) is 5.92 Å². The van der Waals surface area contributed by atoms with Crippen LogP contribution in [0, 0.1) is 5.92 Å². The zero-order valence-corrected chi connectivity index (χ0v) is 10.4. The van der Waals surface area contributed by atoms with Crippen molar-refractivity contribution >= 4 is 5.78 Å². The summed E-state index contributed by atoms with van der Waals surface area (Å²) in [6.45, 7) is 0. The Morgan fingerprint density at radius 3 is 2.21 bits per heavy atom. The van der Waals surface area contributed by atoms with Gasteiger partial charge in [-0.05, 0) is 42.9 Å². The second-order valence-electron chi connectivity index (χ2n) is 4.88. The first-order valence-electron chi connectivity index (χ1n) is 6.29. The van der Waals surface area contributed by atoms with Gasteiger partial charge in [0.1, 0.15) is 11.5 Å². The molecule has 1 aromatic carbocycles. The van der Waals surface area contributed by atoms with E-state index in [2.05, 4.69) is 4.74 Å². The van der Waals surface area contributed by atoms with Gasteiger partial charge in [0.25, 0.3) is 0 Å². The Labute approximate surface area is 109 Å². The molecule has 0 bridgehead atoms. The minimum absolute atomic E-state index is 0.199. The van der Waals surface area contributed by atoms with Crippen molar-refractivity contribution in [3.05, 3.63) is 29.8 Å². The molecule has 1 saturated carbocycles. The lowest BCUT2D eigenvalue weighted by Crippen LogP contribution is -2.17. The first-order chi connectivity index (χ1) is 8.92. The van der Waals surface area contributed by atoms with Crippen molar-refractivity contribution in [2.45, 2.75) is 38.5 Å². The third-order valence-corrected chi connectivity index (χ3v) is 3.34. The fourth-order valence-corrected chi connectivity index (χ4v) is 2.36. The van der Waals surface area contributed by atoms with Gasteiger partial charge in [0.05, 0.1) is 0 Å². The van der Waals surface area contributed by atoms with Crippen LogP contribution in [-0.4, -0.2) is 12.1 Å². The fourth-order valence-electron chi connectivity index (χ4n) is 2.36. The SMILES string of the molecule is O=C1CCC(Cc2ccc(OC(F)(F)F)cc2)CC1. The molecule has 0 heterocycles. The van der Waals surface area contributed by atoms with Crippen molar-refractivity contribution in [1.82, 2.24) is 0 Å². The number of alkyl halides is 3. The summed E-state index contributed by atoms with van der Waals surface area (Å²) in [5, 5.41) is 0. The Balaban J connectivity index is 1.90. The van der Waals surface area contributed by atoms with Crippen molar-refractivity contribution < 1.29 is 22.7 Å². The molecule has 0 amide bonds. The summed E-state index contributed by atoms with van der Waals surface area (Å²) in [6.07, 6.45) is -0.843. The predicted octanol–water partition coefficient (Wildman–Crippen LogP) is 3.89. The lowest BCUT2D eigenvalue weighted by Gasteiger charge is -2.20. The van der Waals surface area contributed by atoms with Gasteiger partial charge in [0.15, 0.2) is 0 Å². The number of benzene rings is 1. The molecule has 104 valence electrons. The molecular formula is C14H15F3O2. The quantitative estimate of drug-likeness (QED) is 0.834. The molecule has 0 aliphatic heterocycles. The first kappa shape index (κ1) is 13.9. The highest BCUT2D eigenvalue weighted by Crippen LogP contribution is 2.27. The maximum atomic E-state index is 12.0. The number of carbonyl (C=O) groups is 1. The smallest absolute Gasteiger partial charge is 0.406 e. The predicted molar refractivity (Wildman–Crippen MR) is 63.8 cm³/mol. The Hall–Kier alpha value is -1.52. The zero-order chi connectivity index (χ0) is 13.9. The van der Waals surface area contributed by atoms with E-state index in [1.807, 2.05) is 0 Å². The van der Waals surface area contributed by atoms with Crippen LogP contribution in [0.15, 0.2) is 24.3 Å². The summed E-state index contributed by atoms with van der Waals surface area (Å²) >= 11 is 0. The summed E-state index contributed by atoms with van der Waals surface area (Å²) in [5.74, 6) is 0.562. The standard InChI is InChI=1S/C14H15F3O2/c15-14(16,17)19-13-7-3-11(4-8-13)9-10-1-5-12(18)6-2-10/h3-4,7-8,10H,1-2,5-6,9H2. The third-order valence-electron chi connectivity index (χ3n) is 3.34. The molecule has 2 nitrogen and oxygen atoms in total. The summed E-state index contributed by atoms with van der Waals surface area (Å²) in [4.78, 5) is 11.1. The number of ketones is 1. The third kappa shape index (κ3) is 4.58. The summed E-state index contributed by atoms with van der Waals surface area (Å²) in [6, 6.07) is 5.96. The van der Waals surface area contributed by atoms with Gasteiger partial charge in [0, 0.05) is 12.8 Å². The second kappa shape index (κ2) is 5.63. The fraction of sp³-hybridized carbons (Fsp3) is 0.500. The minimum Gasteiger partial charge on any atom is -0.406 e. The van der Waals surface area contributed by atoms with Crippen molar-refractivity contribution in [3.63, 3.8) is 0 Å². The Morgan fingerprint density at radius 2 is 1.68 bits per heavy atom. The first-order valence-corrected chi connectivity index (χ1v) is 6.29. The molecule has 1 aliphatic carbocycles. The monoisotopic (exact) mass is 272 g/mol. The van der Waals surface area contributed by atoms with E-state index in [1.54, 1.807) is 12.1 Å². The highest BCUT2D eigenvalue weighted by atomic mass is 19.4. The van der Waals surface area contributed by atoms with Gasteiger partial charge in [-0.2, -0.15) is 0 Å². The maximum Gasteiger partial charge on any atom is 0.573 e. The van der Waals surface area contributed by atoms with Crippen LogP contribution in [0.1, 0.15) is 31.2 Å². The molecule has 0 unspecified atom stereocenters. The lowest BCUT2D eigenvalue weighted by atomic mass is 9.84. The summed E-state index contributed by atoms with van der Waals surface area (Å²) < 4.78 is 39.8. The van der Waals surface area contributed by atoms with E-state index in [4.69, 9.17) is 0 Å². The van der Waals surface area contributed by atoms with Gasteiger partial charge >= 0.3 is 6.36 Å². The Morgan fingerprint density at radius 1 is 1.11 bits per heavy atom. The van der Waals surface area contributed by atoms with Crippen LogP contribution in [0.2, 0.25) is 0 Å². The van der Waals surface area contributed by atoms with E-state index in [0.29, 0.717) is 24.5 Å². The number of carbonyl (C=O) groups excluding carboxylic acids is 1. The van der Waals surface area contributed by atoms with Gasteiger partial charge in [0.2, 0.25) is 0 Å². The second-order valence-corrected chi connectivity index (χ2v) is 4.88. The molecule has 1 fully saturated rings. The number of halogens is 3. The van der Waals surface area contributed by atoms with Crippen molar-refractivity contribution in [3.8, 4) is 5.75 Å². The number of hydrogen-bond donors (Lipinski definition) is 0. The molecule has 19 heavy (non-hydrogen) atoms. The Kier molecular flexibility index (Phi) is 4.12. The molecule has 0 atom stereocenters. The average molecular weight is 272 g/mol.